The lowest BCUT2D eigenvalue weighted by molar-refractivity contribution is 0.140. The molecule has 0 aliphatic carbocycles. The van der Waals surface area contributed by atoms with Crippen LogP contribution >= 0.6 is 11.6 Å². The van der Waals surface area contributed by atoms with Crippen LogP contribution in [0.2, 0.25) is 5.02 Å². The van der Waals surface area contributed by atoms with E-state index in [9.17, 15) is 9.59 Å². The van der Waals surface area contributed by atoms with Crippen molar-refractivity contribution in [3.05, 3.63) is 69.1 Å². The summed E-state index contributed by atoms with van der Waals surface area (Å²) in [4.78, 5) is 25.4. The molecule has 0 aliphatic rings. The zero-order valence-corrected chi connectivity index (χ0v) is 13.0. The number of carbonyl (C=O) groups is 1. The van der Waals surface area contributed by atoms with Crippen LogP contribution in [0.1, 0.15) is 17.5 Å². The van der Waals surface area contributed by atoms with Gasteiger partial charge < -0.3 is 15.0 Å². The Labute approximate surface area is 138 Å². The highest BCUT2D eigenvalue weighted by Gasteiger charge is 2.01. The number of benzene rings is 1. The normalized spacial score (nSPS) is 9.61. The number of rotatable bonds is 4. The molecule has 1 amide bonds. The minimum atomic E-state index is -0.503. The van der Waals surface area contributed by atoms with Gasteiger partial charge in [-0.05, 0) is 11.6 Å². The van der Waals surface area contributed by atoms with E-state index in [1.165, 1.54) is 12.3 Å². The second-order valence-electron chi connectivity index (χ2n) is 4.60. The smallest absolute Gasteiger partial charge is 0.407 e. The van der Waals surface area contributed by atoms with Crippen LogP contribution in [0.15, 0.2) is 47.4 Å². The molecule has 1 heterocycles. The zero-order valence-electron chi connectivity index (χ0n) is 12.3. The van der Waals surface area contributed by atoms with Crippen molar-refractivity contribution in [1.82, 2.24) is 10.3 Å². The number of aromatic nitrogens is 1. The number of alkyl carbamates (subject to hydrolysis) is 1. The molecule has 2 N–H and O–H groups in total. The van der Waals surface area contributed by atoms with Gasteiger partial charge in [0.1, 0.15) is 6.61 Å². The standard InChI is InChI=1S/C17H15ClN2O3/c18-15-10-14(16(21)20-11-15)8-4-5-9-19-17(22)23-12-13-6-2-1-3-7-13/h1-3,6-7,10-11H,5,9,12H2,(H,19,22)(H,20,21). The van der Waals surface area contributed by atoms with E-state index in [1.54, 1.807) is 0 Å². The molecule has 0 bridgehead atoms. The van der Waals surface area contributed by atoms with Crippen LogP contribution in [0.3, 0.4) is 0 Å². The van der Waals surface area contributed by atoms with Crippen molar-refractivity contribution in [2.45, 2.75) is 13.0 Å². The first-order chi connectivity index (χ1) is 11.1. The Morgan fingerprint density at radius 1 is 1.30 bits per heavy atom. The van der Waals surface area contributed by atoms with Crippen LogP contribution in [-0.2, 0) is 11.3 Å². The fourth-order valence-electron chi connectivity index (χ4n) is 1.71. The van der Waals surface area contributed by atoms with E-state index in [-0.39, 0.29) is 12.2 Å². The van der Waals surface area contributed by atoms with Crippen LogP contribution in [-0.4, -0.2) is 17.6 Å². The van der Waals surface area contributed by atoms with Crippen molar-refractivity contribution in [2.24, 2.45) is 0 Å². The summed E-state index contributed by atoms with van der Waals surface area (Å²) in [6.45, 7) is 0.551. The van der Waals surface area contributed by atoms with Gasteiger partial charge in [-0.25, -0.2) is 4.79 Å². The van der Waals surface area contributed by atoms with E-state index in [0.29, 0.717) is 23.6 Å². The van der Waals surface area contributed by atoms with Gasteiger partial charge in [-0.1, -0.05) is 53.8 Å². The first-order valence-corrected chi connectivity index (χ1v) is 7.34. The Bertz CT molecular complexity index is 776. The predicted molar refractivity (Wildman–Crippen MR) is 88.2 cm³/mol. The number of halogens is 1. The molecule has 23 heavy (non-hydrogen) atoms. The monoisotopic (exact) mass is 330 g/mol. The third-order valence-corrected chi connectivity index (χ3v) is 3.04. The zero-order chi connectivity index (χ0) is 16.5. The van der Waals surface area contributed by atoms with Crippen LogP contribution in [0.25, 0.3) is 0 Å². The fraction of sp³-hybridized carbons (Fsp3) is 0.176. The van der Waals surface area contributed by atoms with Gasteiger partial charge in [0.25, 0.3) is 5.56 Å². The van der Waals surface area contributed by atoms with Crippen LogP contribution < -0.4 is 10.9 Å². The molecule has 0 spiro atoms. The molecule has 0 radical (unpaired) electrons. The third kappa shape index (κ3) is 5.89. The molecular weight excluding hydrogens is 316 g/mol. The maximum absolute atomic E-state index is 11.5. The van der Waals surface area contributed by atoms with E-state index < -0.39 is 6.09 Å². The number of carbonyl (C=O) groups excluding carboxylic acids is 1. The summed E-state index contributed by atoms with van der Waals surface area (Å²) in [7, 11) is 0. The van der Waals surface area contributed by atoms with E-state index in [4.69, 9.17) is 16.3 Å². The number of hydrogen-bond acceptors (Lipinski definition) is 3. The van der Waals surface area contributed by atoms with Gasteiger partial charge in [0.15, 0.2) is 0 Å². The quantitative estimate of drug-likeness (QED) is 0.669. The molecule has 2 rings (SSSR count). The summed E-state index contributed by atoms with van der Waals surface area (Å²) in [5, 5.41) is 3.00. The third-order valence-electron chi connectivity index (χ3n) is 2.82. The molecule has 0 saturated heterocycles. The Morgan fingerprint density at radius 3 is 2.87 bits per heavy atom. The molecule has 0 atom stereocenters. The molecule has 0 saturated carbocycles. The van der Waals surface area contributed by atoms with Crippen molar-refractivity contribution < 1.29 is 9.53 Å². The summed E-state index contributed by atoms with van der Waals surface area (Å²) < 4.78 is 5.06. The molecule has 1 aromatic heterocycles. The number of amides is 1. The fourth-order valence-corrected chi connectivity index (χ4v) is 1.87. The Kier molecular flexibility index (Phi) is 6.28. The minimum absolute atomic E-state index is 0.218. The highest BCUT2D eigenvalue weighted by Crippen LogP contribution is 2.04. The van der Waals surface area contributed by atoms with Crippen LogP contribution in [0, 0.1) is 11.8 Å². The van der Waals surface area contributed by atoms with Gasteiger partial charge in [-0.15, -0.1) is 0 Å². The van der Waals surface area contributed by atoms with Crippen molar-refractivity contribution in [3.63, 3.8) is 0 Å². The lowest BCUT2D eigenvalue weighted by Gasteiger charge is -2.05. The number of hydrogen-bond donors (Lipinski definition) is 2. The summed E-state index contributed by atoms with van der Waals surface area (Å²) in [6.07, 6.45) is 1.29. The lowest BCUT2D eigenvalue weighted by Crippen LogP contribution is -2.24. The first kappa shape index (κ1) is 16.7. The van der Waals surface area contributed by atoms with E-state index in [1.807, 2.05) is 30.3 Å². The molecule has 1 aromatic carbocycles. The molecule has 0 fully saturated rings. The van der Waals surface area contributed by atoms with Crippen molar-refractivity contribution in [1.29, 1.82) is 0 Å². The summed E-state index contributed by atoms with van der Waals surface area (Å²) in [6, 6.07) is 10.9. The number of aromatic amines is 1. The van der Waals surface area contributed by atoms with Gasteiger partial charge in [-0.2, -0.15) is 0 Å². The SMILES string of the molecule is O=C(NCCC#Cc1cc(Cl)c[nH]c1=O)OCc1ccccc1. The number of ether oxygens (including phenoxy) is 1. The second kappa shape index (κ2) is 8.66. The van der Waals surface area contributed by atoms with Crippen molar-refractivity contribution in [2.75, 3.05) is 6.54 Å². The molecule has 6 heteroatoms. The van der Waals surface area contributed by atoms with E-state index in [0.717, 1.165) is 5.56 Å². The molecular formula is C17H15ClN2O3. The predicted octanol–water partition coefficient (Wildman–Crippen LogP) is 2.70. The van der Waals surface area contributed by atoms with Crippen LogP contribution in [0.4, 0.5) is 4.79 Å². The number of H-pyrrole nitrogens is 1. The lowest BCUT2D eigenvalue weighted by atomic mass is 10.2. The van der Waals surface area contributed by atoms with E-state index >= 15 is 0 Å². The summed E-state index contributed by atoms with van der Waals surface area (Å²) in [5.74, 6) is 5.52. The maximum Gasteiger partial charge on any atom is 0.407 e. The first-order valence-electron chi connectivity index (χ1n) is 6.97. The summed E-state index contributed by atoms with van der Waals surface area (Å²) in [5.41, 5.74) is 0.920. The highest BCUT2D eigenvalue weighted by atomic mass is 35.5. The van der Waals surface area contributed by atoms with Crippen molar-refractivity contribution in [3.8, 4) is 11.8 Å². The van der Waals surface area contributed by atoms with Crippen molar-refractivity contribution >= 4 is 17.7 Å². The maximum atomic E-state index is 11.5. The molecule has 2 aromatic rings. The minimum Gasteiger partial charge on any atom is -0.445 e. The molecule has 0 aliphatic heterocycles. The summed E-state index contributed by atoms with van der Waals surface area (Å²) >= 11 is 5.77. The van der Waals surface area contributed by atoms with Gasteiger partial charge in [0, 0.05) is 19.2 Å². The second-order valence-corrected chi connectivity index (χ2v) is 5.04. The number of nitrogens with one attached hydrogen (secondary N) is 2. The van der Waals surface area contributed by atoms with Gasteiger partial charge in [0.2, 0.25) is 0 Å². The average Bonchev–Trinajstić information content (AvgIpc) is 2.56. The molecule has 5 nitrogen and oxygen atoms in total. The topological polar surface area (TPSA) is 71.2 Å². The number of pyridine rings is 1. The Hall–Kier alpha value is -2.71. The Balaban J connectivity index is 1.71. The molecule has 0 unspecified atom stereocenters. The van der Waals surface area contributed by atoms with Gasteiger partial charge in [0.05, 0.1) is 10.6 Å². The van der Waals surface area contributed by atoms with E-state index in [2.05, 4.69) is 22.1 Å². The average molecular weight is 331 g/mol. The van der Waals surface area contributed by atoms with Crippen LogP contribution in [0.5, 0.6) is 0 Å². The Morgan fingerprint density at radius 2 is 2.09 bits per heavy atom. The molecule has 118 valence electrons. The largest absolute Gasteiger partial charge is 0.445 e. The highest BCUT2D eigenvalue weighted by molar-refractivity contribution is 6.30. The van der Waals surface area contributed by atoms with Gasteiger partial charge >= 0.3 is 6.09 Å². The van der Waals surface area contributed by atoms with Gasteiger partial charge in [-0.3, -0.25) is 4.79 Å².